The number of piperazine rings is 1. The summed E-state index contributed by atoms with van der Waals surface area (Å²) in [4.78, 5) is 28.0. The molecule has 0 aromatic heterocycles. The molecule has 0 atom stereocenters. The largest absolute Gasteiger partial charge is 0.497 e. The maximum Gasteiger partial charge on any atom is 0.254 e. The van der Waals surface area contributed by atoms with Crippen molar-refractivity contribution in [2.45, 2.75) is 0 Å². The van der Waals surface area contributed by atoms with Crippen molar-refractivity contribution in [3.05, 3.63) is 57.8 Å². The third kappa shape index (κ3) is 4.05. The number of primary amides is 1. The third-order valence-corrected chi connectivity index (χ3v) is 4.96. The zero-order valence-electron chi connectivity index (χ0n) is 14.7. The topological polar surface area (TPSA) is 75.9 Å². The van der Waals surface area contributed by atoms with Crippen molar-refractivity contribution in [1.82, 2.24) is 4.90 Å². The number of methoxy groups -OCH3 is 1. The van der Waals surface area contributed by atoms with E-state index in [-0.39, 0.29) is 11.5 Å². The summed E-state index contributed by atoms with van der Waals surface area (Å²) in [6.45, 7) is 1.82. The Labute approximate surface area is 164 Å². The normalized spacial score (nSPS) is 14.2. The number of carbonyl (C=O) groups excluding carboxylic acids is 2. The highest BCUT2D eigenvalue weighted by Gasteiger charge is 2.26. The highest BCUT2D eigenvalue weighted by molar-refractivity contribution is 9.10. The van der Waals surface area contributed by atoms with Gasteiger partial charge in [-0.3, -0.25) is 9.59 Å². The van der Waals surface area contributed by atoms with Crippen LogP contribution in [0.4, 0.5) is 10.1 Å². The number of nitrogens with zero attached hydrogens (tertiary/aromatic N) is 2. The fraction of sp³-hybridized carbons (Fsp3) is 0.263. The van der Waals surface area contributed by atoms with Crippen molar-refractivity contribution < 1.29 is 18.7 Å². The lowest BCUT2D eigenvalue weighted by atomic mass is 10.1. The van der Waals surface area contributed by atoms with E-state index in [1.165, 1.54) is 6.07 Å². The number of benzene rings is 2. The van der Waals surface area contributed by atoms with Crippen LogP contribution >= 0.6 is 15.9 Å². The number of hydrogen-bond donors (Lipinski definition) is 1. The zero-order valence-corrected chi connectivity index (χ0v) is 16.3. The maximum atomic E-state index is 14.2. The summed E-state index contributed by atoms with van der Waals surface area (Å²) in [6.07, 6.45) is 0. The summed E-state index contributed by atoms with van der Waals surface area (Å²) in [5.74, 6) is -0.953. The van der Waals surface area contributed by atoms with Crippen LogP contribution in [0.2, 0.25) is 0 Å². The molecule has 1 aliphatic rings. The molecule has 1 fully saturated rings. The van der Waals surface area contributed by atoms with Crippen molar-refractivity contribution in [1.29, 1.82) is 0 Å². The van der Waals surface area contributed by atoms with Gasteiger partial charge in [0.2, 0.25) is 0 Å². The molecule has 2 amide bonds. The minimum Gasteiger partial charge on any atom is -0.497 e. The molecule has 0 unspecified atom stereocenters. The second-order valence-corrected chi connectivity index (χ2v) is 7.07. The second-order valence-electron chi connectivity index (χ2n) is 6.16. The van der Waals surface area contributed by atoms with E-state index < -0.39 is 11.7 Å². The zero-order chi connectivity index (χ0) is 19.6. The Hall–Kier alpha value is -2.61. The van der Waals surface area contributed by atoms with Crippen molar-refractivity contribution in [3.8, 4) is 5.75 Å². The van der Waals surface area contributed by atoms with Gasteiger partial charge < -0.3 is 20.3 Å². The molecular formula is C19H19BrFN3O3. The smallest absolute Gasteiger partial charge is 0.254 e. The number of amides is 2. The maximum absolute atomic E-state index is 14.2. The Morgan fingerprint density at radius 1 is 1.15 bits per heavy atom. The average Bonchev–Trinajstić information content (AvgIpc) is 2.66. The van der Waals surface area contributed by atoms with Crippen LogP contribution in [-0.4, -0.2) is 50.0 Å². The fourth-order valence-corrected chi connectivity index (χ4v) is 3.56. The first-order chi connectivity index (χ1) is 12.9. The molecule has 3 rings (SSSR count). The molecular weight excluding hydrogens is 417 g/mol. The number of anilines is 1. The lowest BCUT2D eigenvalue weighted by Gasteiger charge is -2.37. The van der Waals surface area contributed by atoms with Crippen LogP contribution in [0.3, 0.4) is 0 Å². The highest BCUT2D eigenvalue weighted by Crippen LogP contribution is 2.29. The molecule has 0 spiro atoms. The van der Waals surface area contributed by atoms with Gasteiger partial charge in [-0.05, 0) is 30.3 Å². The minimum absolute atomic E-state index is 0.0934. The van der Waals surface area contributed by atoms with Crippen LogP contribution in [-0.2, 0) is 0 Å². The van der Waals surface area contributed by atoms with E-state index >= 15 is 0 Å². The third-order valence-electron chi connectivity index (χ3n) is 4.50. The van der Waals surface area contributed by atoms with Crippen molar-refractivity contribution >= 4 is 33.4 Å². The van der Waals surface area contributed by atoms with E-state index in [1.807, 2.05) is 4.90 Å². The average molecular weight is 436 g/mol. The molecule has 1 aliphatic heterocycles. The molecule has 2 aromatic rings. The van der Waals surface area contributed by atoms with E-state index in [2.05, 4.69) is 15.9 Å². The Kier molecular flexibility index (Phi) is 5.65. The SMILES string of the molecule is COc1cccc(C(=O)N2CCN(c3cc(Br)cc(F)c3C(N)=O)CC2)c1. The summed E-state index contributed by atoms with van der Waals surface area (Å²) in [6, 6.07) is 9.87. The van der Waals surface area contributed by atoms with E-state index in [0.717, 1.165) is 0 Å². The van der Waals surface area contributed by atoms with Gasteiger partial charge in [-0.2, -0.15) is 0 Å². The molecule has 2 N–H and O–H groups in total. The van der Waals surface area contributed by atoms with Crippen LogP contribution in [0, 0.1) is 5.82 Å². The predicted molar refractivity (Wildman–Crippen MR) is 104 cm³/mol. The van der Waals surface area contributed by atoms with Crippen LogP contribution in [0.25, 0.3) is 0 Å². The monoisotopic (exact) mass is 435 g/mol. The molecule has 6 nitrogen and oxygen atoms in total. The first kappa shape index (κ1) is 19.2. The van der Waals surface area contributed by atoms with E-state index in [0.29, 0.717) is 47.7 Å². The number of carbonyl (C=O) groups is 2. The Bertz CT molecular complexity index is 882. The molecule has 0 radical (unpaired) electrons. The van der Waals surface area contributed by atoms with Gasteiger partial charge in [-0.25, -0.2) is 4.39 Å². The minimum atomic E-state index is -0.815. The summed E-state index contributed by atoms with van der Waals surface area (Å²) >= 11 is 3.25. The van der Waals surface area contributed by atoms with Gasteiger partial charge in [0.15, 0.2) is 0 Å². The first-order valence-corrected chi connectivity index (χ1v) is 9.17. The first-order valence-electron chi connectivity index (χ1n) is 8.38. The van der Waals surface area contributed by atoms with Gasteiger partial charge in [0.05, 0.1) is 18.4 Å². The molecule has 0 bridgehead atoms. The van der Waals surface area contributed by atoms with E-state index in [1.54, 1.807) is 42.3 Å². The molecule has 0 aliphatic carbocycles. The van der Waals surface area contributed by atoms with Gasteiger partial charge in [0.25, 0.3) is 11.8 Å². The molecule has 8 heteroatoms. The van der Waals surface area contributed by atoms with E-state index in [4.69, 9.17) is 10.5 Å². The summed E-state index contributed by atoms with van der Waals surface area (Å²) < 4.78 is 19.9. The van der Waals surface area contributed by atoms with Gasteiger partial charge in [0.1, 0.15) is 11.6 Å². The number of nitrogens with two attached hydrogens (primary N) is 1. The van der Waals surface area contributed by atoms with Crippen LogP contribution in [0.5, 0.6) is 5.75 Å². The Balaban J connectivity index is 1.76. The molecule has 27 heavy (non-hydrogen) atoms. The Morgan fingerprint density at radius 3 is 2.48 bits per heavy atom. The molecule has 2 aromatic carbocycles. The lowest BCUT2D eigenvalue weighted by Crippen LogP contribution is -2.49. The van der Waals surface area contributed by atoms with Crippen LogP contribution in [0.1, 0.15) is 20.7 Å². The van der Waals surface area contributed by atoms with E-state index in [9.17, 15) is 14.0 Å². The lowest BCUT2D eigenvalue weighted by molar-refractivity contribution is 0.0745. The summed E-state index contributed by atoms with van der Waals surface area (Å²) in [5.41, 5.74) is 6.20. The van der Waals surface area contributed by atoms with Crippen molar-refractivity contribution in [3.63, 3.8) is 0 Å². The number of rotatable bonds is 4. The number of hydrogen-bond acceptors (Lipinski definition) is 4. The Morgan fingerprint density at radius 2 is 1.85 bits per heavy atom. The predicted octanol–water partition coefficient (Wildman–Crippen LogP) is 2.66. The van der Waals surface area contributed by atoms with Crippen LogP contribution in [0.15, 0.2) is 40.9 Å². The summed E-state index contributed by atoms with van der Waals surface area (Å²) in [7, 11) is 1.55. The van der Waals surface area contributed by atoms with Gasteiger partial charge in [-0.1, -0.05) is 22.0 Å². The molecule has 142 valence electrons. The standard InChI is InChI=1S/C19H19BrFN3O3/c1-27-14-4-2-3-12(9-14)19(26)24-7-5-23(6-8-24)16-11-13(20)10-15(21)17(16)18(22)25/h2-4,9-11H,5-8H2,1H3,(H2,22,25). The van der Waals surface area contributed by atoms with Crippen LogP contribution < -0.4 is 15.4 Å². The number of ether oxygens (including phenoxy) is 1. The molecule has 1 saturated heterocycles. The highest BCUT2D eigenvalue weighted by atomic mass is 79.9. The van der Waals surface area contributed by atoms with Gasteiger partial charge in [-0.15, -0.1) is 0 Å². The molecule has 0 saturated carbocycles. The second kappa shape index (κ2) is 7.96. The van der Waals surface area contributed by atoms with Crippen molar-refractivity contribution in [2.24, 2.45) is 5.73 Å². The quantitative estimate of drug-likeness (QED) is 0.800. The molecule has 1 heterocycles. The van der Waals surface area contributed by atoms with Gasteiger partial charge in [0, 0.05) is 36.2 Å². The fourth-order valence-electron chi connectivity index (χ4n) is 3.14. The number of halogens is 2. The van der Waals surface area contributed by atoms with Crippen molar-refractivity contribution in [2.75, 3.05) is 38.2 Å². The van der Waals surface area contributed by atoms with Gasteiger partial charge >= 0.3 is 0 Å². The summed E-state index contributed by atoms with van der Waals surface area (Å²) in [5, 5.41) is 0.